The molecular formula is C14H18N4S. The van der Waals surface area contributed by atoms with E-state index in [0.717, 1.165) is 17.9 Å². The van der Waals surface area contributed by atoms with Gasteiger partial charge >= 0.3 is 0 Å². The highest BCUT2D eigenvalue weighted by molar-refractivity contribution is 7.71. The van der Waals surface area contributed by atoms with Gasteiger partial charge in [0.25, 0.3) is 0 Å². The number of rotatable bonds is 3. The molecule has 1 aromatic heterocycles. The summed E-state index contributed by atoms with van der Waals surface area (Å²) in [5.41, 5.74) is 2.38. The first-order valence-corrected chi connectivity index (χ1v) is 7.22. The Morgan fingerprint density at radius 2 is 1.79 bits per heavy atom. The van der Waals surface area contributed by atoms with Crippen molar-refractivity contribution in [3.63, 3.8) is 0 Å². The first-order valence-electron chi connectivity index (χ1n) is 6.81. The Hall–Kier alpha value is -1.62. The van der Waals surface area contributed by atoms with Crippen molar-refractivity contribution in [1.82, 2.24) is 14.8 Å². The summed E-state index contributed by atoms with van der Waals surface area (Å²) >= 11 is 5.30. The topological polar surface area (TPSA) is 36.9 Å². The lowest BCUT2D eigenvalue weighted by Crippen LogP contribution is -2.17. The predicted octanol–water partition coefficient (Wildman–Crippen LogP) is 3.09. The molecule has 0 radical (unpaired) electrons. The molecular weight excluding hydrogens is 256 g/mol. The van der Waals surface area contributed by atoms with Crippen LogP contribution in [0.3, 0.4) is 0 Å². The Kier molecular flexibility index (Phi) is 3.38. The van der Waals surface area contributed by atoms with Gasteiger partial charge in [0, 0.05) is 30.9 Å². The summed E-state index contributed by atoms with van der Waals surface area (Å²) in [4.78, 5) is 2.43. The van der Waals surface area contributed by atoms with Gasteiger partial charge in [-0.25, -0.2) is 0 Å². The van der Waals surface area contributed by atoms with Crippen molar-refractivity contribution in [1.29, 1.82) is 0 Å². The number of H-pyrrole nitrogens is 1. The summed E-state index contributed by atoms with van der Waals surface area (Å²) in [6, 6.07) is 8.60. The van der Waals surface area contributed by atoms with Crippen molar-refractivity contribution in [3.8, 4) is 5.69 Å². The Morgan fingerprint density at radius 3 is 2.42 bits per heavy atom. The maximum atomic E-state index is 5.30. The highest BCUT2D eigenvalue weighted by Crippen LogP contribution is 2.22. The zero-order valence-electron chi connectivity index (χ0n) is 11.1. The number of benzene rings is 1. The molecule has 1 N–H and O–H groups in total. The van der Waals surface area contributed by atoms with E-state index in [1.165, 1.54) is 31.6 Å². The molecule has 0 amide bonds. The lowest BCUT2D eigenvalue weighted by atomic mass is 10.2. The summed E-state index contributed by atoms with van der Waals surface area (Å²) in [7, 11) is 0. The molecule has 0 aliphatic carbocycles. The van der Waals surface area contributed by atoms with Crippen molar-refractivity contribution in [2.24, 2.45) is 0 Å². The minimum Gasteiger partial charge on any atom is -0.372 e. The van der Waals surface area contributed by atoms with Crippen LogP contribution in [0.2, 0.25) is 0 Å². The second kappa shape index (κ2) is 5.17. The van der Waals surface area contributed by atoms with Crippen molar-refractivity contribution in [3.05, 3.63) is 34.9 Å². The molecule has 19 heavy (non-hydrogen) atoms. The lowest BCUT2D eigenvalue weighted by Gasteiger charge is -2.18. The molecule has 1 saturated heterocycles. The summed E-state index contributed by atoms with van der Waals surface area (Å²) in [6.45, 7) is 4.43. The van der Waals surface area contributed by atoms with E-state index in [1.807, 2.05) is 4.57 Å². The van der Waals surface area contributed by atoms with Crippen molar-refractivity contribution < 1.29 is 0 Å². The highest BCUT2D eigenvalue weighted by Gasteiger charge is 2.12. The van der Waals surface area contributed by atoms with Crippen molar-refractivity contribution in [2.45, 2.75) is 26.2 Å². The molecule has 0 unspecified atom stereocenters. The molecule has 2 aromatic rings. The summed E-state index contributed by atoms with van der Waals surface area (Å²) in [5.74, 6) is 0.971. The lowest BCUT2D eigenvalue weighted by molar-refractivity contribution is 0.879. The quantitative estimate of drug-likeness (QED) is 0.874. The van der Waals surface area contributed by atoms with Gasteiger partial charge in [0.05, 0.1) is 0 Å². The fourth-order valence-corrected chi connectivity index (χ4v) is 2.88. The third-order valence-corrected chi connectivity index (χ3v) is 3.91. The number of aromatic nitrogens is 3. The van der Waals surface area contributed by atoms with Crippen LogP contribution < -0.4 is 4.90 Å². The van der Waals surface area contributed by atoms with Crippen molar-refractivity contribution in [2.75, 3.05) is 18.0 Å². The van der Waals surface area contributed by atoms with Gasteiger partial charge in [-0.1, -0.05) is 6.92 Å². The van der Waals surface area contributed by atoms with Crippen LogP contribution in [-0.2, 0) is 6.42 Å². The molecule has 0 spiro atoms. The fourth-order valence-electron chi connectivity index (χ4n) is 2.62. The molecule has 1 fully saturated rings. The van der Waals surface area contributed by atoms with Crippen LogP contribution in [0.15, 0.2) is 24.3 Å². The number of nitrogens with zero attached hydrogens (tertiary/aromatic N) is 3. The first kappa shape index (κ1) is 12.4. The second-order valence-electron chi connectivity index (χ2n) is 4.84. The van der Waals surface area contributed by atoms with Gasteiger partial charge in [0.2, 0.25) is 0 Å². The minimum atomic E-state index is 0.658. The van der Waals surface area contributed by atoms with E-state index in [-0.39, 0.29) is 0 Å². The standard InChI is InChI=1S/C14H18N4S/c1-2-13-15-16-14(19)18(13)12-7-5-11(6-8-12)17-9-3-4-10-17/h5-8H,2-4,9-10H2,1H3,(H,16,19). The van der Waals surface area contributed by atoms with E-state index in [9.17, 15) is 0 Å². The van der Waals surface area contributed by atoms with E-state index in [0.29, 0.717) is 4.77 Å². The number of aryl methyl sites for hydroxylation is 1. The molecule has 0 bridgehead atoms. The Labute approximate surface area is 118 Å². The van der Waals surface area contributed by atoms with Gasteiger partial charge in [-0.2, -0.15) is 5.10 Å². The zero-order chi connectivity index (χ0) is 13.2. The van der Waals surface area contributed by atoms with Crippen LogP contribution >= 0.6 is 12.2 Å². The largest absolute Gasteiger partial charge is 0.372 e. The molecule has 4 nitrogen and oxygen atoms in total. The average Bonchev–Trinajstić information content (AvgIpc) is 3.08. The summed E-state index contributed by atoms with van der Waals surface area (Å²) in [6.07, 6.45) is 3.46. The molecule has 1 aliphatic heterocycles. The van der Waals surface area contributed by atoms with Gasteiger partial charge in [0.1, 0.15) is 5.82 Å². The maximum absolute atomic E-state index is 5.30. The number of aromatic amines is 1. The highest BCUT2D eigenvalue weighted by atomic mass is 32.1. The monoisotopic (exact) mass is 274 g/mol. The molecule has 1 aromatic carbocycles. The van der Waals surface area contributed by atoms with Gasteiger partial charge in [-0.15, -0.1) is 0 Å². The molecule has 100 valence electrons. The zero-order valence-corrected chi connectivity index (χ0v) is 11.9. The van der Waals surface area contributed by atoms with E-state index in [4.69, 9.17) is 12.2 Å². The van der Waals surface area contributed by atoms with Crippen LogP contribution in [-0.4, -0.2) is 27.9 Å². The van der Waals surface area contributed by atoms with Gasteiger partial charge in [-0.3, -0.25) is 9.67 Å². The average molecular weight is 274 g/mol. The van der Waals surface area contributed by atoms with E-state index in [1.54, 1.807) is 0 Å². The summed E-state index contributed by atoms with van der Waals surface area (Å²) < 4.78 is 2.66. The first-order chi connectivity index (χ1) is 9.29. The van der Waals surface area contributed by atoms with E-state index in [2.05, 4.69) is 46.3 Å². The molecule has 5 heteroatoms. The number of hydrogen-bond acceptors (Lipinski definition) is 3. The molecule has 0 saturated carbocycles. The Morgan fingerprint density at radius 1 is 1.16 bits per heavy atom. The number of hydrogen-bond donors (Lipinski definition) is 1. The Bertz CT molecular complexity index is 605. The van der Waals surface area contributed by atoms with E-state index < -0.39 is 0 Å². The fraction of sp³-hybridized carbons (Fsp3) is 0.429. The van der Waals surface area contributed by atoms with E-state index >= 15 is 0 Å². The number of nitrogens with one attached hydrogen (secondary N) is 1. The van der Waals surface area contributed by atoms with Gasteiger partial charge in [-0.05, 0) is 49.3 Å². The predicted molar refractivity (Wildman–Crippen MR) is 79.6 cm³/mol. The maximum Gasteiger partial charge on any atom is 0.199 e. The SMILES string of the molecule is CCc1n[nH]c(=S)n1-c1ccc(N2CCCC2)cc1. The third-order valence-electron chi connectivity index (χ3n) is 3.64. The van der Waals surface area contributed by atoms with Crippen LogP contribution in [0, 0.1) is 4.77 Å². The molecule has 2 heterocycles. The second-order valence-corrected chi connectivity index (χ2v) is 5.23. The van der Waals surface area contributed by atoms with Gasteiger partial charge in [0.15, 0.2) is 4.77 Å². The van der Waals surface area contributed by atoms with Gasteiger partial charge < -0.3 is 4.90 Å². The molecule has 3 rings (SSSR count). The van der Waals surface area contributed by atoms with Crippen LogP contribution in [0.5, 0.6) is 0 Å². The summed E-state index contributed by atoms with van der Waals surface area (Å²) in [5, 5.41) is 7.11. The minimum absolute atomic E-state index is 0.658. The van der Waals surface area contributed by atoms with Crippen molar-refractivity contribution >= 4 is 17.9 Å². The van der Waals surface area contributed by atoms with Crippen LogP contribution in [0.1, 0.15) is 25.6 Å². The normalized spacial score (nSPS) is 15.1. The van der Waals surface area contributed by atoms with Crippen LogP contribution in [0.4, 0.5) is 5.69 Å². The Balaban J connectivity index is 1.93. The molecule has 1 aliphatic rings. The smallest absolute Gasteiger partial charge is 0.199 e. The third kappa shape index (κ3) is 2.30. The molecule has 0 atom stereocenters. The number of anilines is 1. The van der Waals surface area contributed by atoms with Crippen LogP contribution in [0.25, 0.3) is 5.69 Å².